The minimum atomic E-state index is 0.535. The van der Waals surface area contributed by atoms with Gasteiger partial charge < -0.3 is 15.5 Å². The number of oxazole rings is 1. The van der Waals surface area contributed by atoms with Gasteiger partial charge >= 0.3 is 0 Å². The van der Waals surface area contributed by atoms with Crippen LogP contribution in [-0.2, 0) is 6.54 Å². The van der Waals surface area contributed by atoms with Gasteiger partial charge in [-0.1, -0.05) is 0 Å². The Hall–Kier alpha value is -1.56. The van der Waals surface area contributed by atoms with Crippen LogP contribution in [0.2, 0.25) is 0 Å². The summed E-state index contributed by atoms with van der Waals surface area (Å²) in [7, 11) is 0. The van der Waals surface area contributed by atoms with E-state index in [2.05, 4.69) is 14.7 Å². The van der Waals surface area contributed by atoms with Gasteiger partial charge in [0.05, 0.1) is 12.2 Å². The molecule has 0 saturated heterocycles. The van der Waals surface area contributed by atoms with Crippen molar-refractivity contribution in [3.8, 4) is 0 Å². The lowest BCUT2D eigenvalue weighted by molar-refractivity contribution is 0.556. The quantitative estimate of drug-likeness (QED) is 0.774. The Balaban J connectivity index is 1.93. The van der Waals surface area contributed by atoms with Crippen LogP contribution in [-0.4, -0.2) is 9.36 Å². The van der Waals surface area contributed by atoms with Crippen LogP contribution in [0.4, 0.5) is 10.8 Å². The van der Waals surface area contributed by atoms with Crippen LogP contribution in [0, 0.1) is 0 Å². The van der Waals surface area contributed by atoms with Crippen LogP contribution >= 0.6 is 11.5 Å². The van der Waals surface area contributed by atoms with Gasteiger partial charge in [-0.3, -0.25) is 0 Å². The number of rotatable bonds is 3. The Morgan fingerprint density at radius 3 is 3.15 bits per heavy atom. The first-order valence-electron chi connectivity index (χ1n) is 3.68. The molecular formula is C7H8N4OS. The SMILES string of the molecule is Nc1cc(NCc2cocn2)sn1. The highest BCUT2D eigenvalue weighted by molar-refractivity contribution is 7.10. The largest absolute Gasteiger partial charge is 0.451 e. The van der Waals surface area contributed by atoms with Gasteiger partial charge in [0, 0.05) is 6.07 Å². The fourth-order valence-corrected chi connectivity index (χ4v) is 1.44. The molecule has 2 aromatic rings. The van der Waals surface area contributed by atoms with Gasteiger partial charge in [-0.05, 0) is 11.5 Å². The molecule has 13 heavy (non-hydrogen) atoms. The second-order valence-corrected chi connectivity index (χ2v) is 3.25. The maximum Gasteiger partial charge on any atom is 0.180 e. The Labute approximate surface area is 78.8 Å². The summed E-state index contributed by atoms with van der Waals surface area (Å²) in [5, 5.41) is 4.05. The third-order valence-corrected chi connectivity index (χ3v) is 2.22. The van der Waals surface area contributed by atoms with Crippen molar-refractivity contribution in [2.24, 2.45) is 0 Å². The van der Waals surface area contributed by atoms with Gasteiger partial charge in [-0.25, -0.2) is 4.98 Å². The molecular weight excluding hydrogens is 188 g/mol. The summed E-state index contributed by atoms with van der Waals surface area (Å²) in [5.41, 5.74) is 6.31. The molecule has 2 aromatic heterocycles. The number of aromatic nitrogens is 2. The standard InChI is InChI=1S/C7H8N4OS/c8-6-1-7(13-11-6)9-2-5-3-12-4-10-5/h1,3-4,9H,2H2,(H2,8,11). The number of hydrogen-bond acceptors (Lipinski definition) is 6. The summed E-state index contributed by atoms with van der Waals surface area (Å²) in [6, 6.07) is 1.78. The van der Waals surface area contributed by atoms with Crippen molar-refractivity contribution < 1.29 is 4.42 Å². The van der Waals surface area contributed by atoms with E-state index in [1.807, 2.05) is 0 Å². The third-order valence-electron chi connectivity index (χ3n) is 1.46. The Bertz CT molecular complexity index is 370. The molecule has 0 aliphatic carbocycles. The fraction of sp³-hybridized carbons (Fsp3) is 0.143. The minimum absolute atomic E-state index is 0.535. The summed E-state index contributed by atoms with van der Waals surface area (Å²) in [4.78, 5) is 3.96. The summed E-state index contributed by atoms with van der Waals surface area (Å²) in [5.74, 6) is 0.535. The van der Waals surface area contributed by atoms with Gasteiger partial charge in [0.2, 0.25) is 0 Å². The molecule has 0 spiro atoms. The average Bonchev–Trinajstić information content (AvgIpc) is 2.71. The molecule has 0 radical (unpaired) electrons. The van der Waals surface area contributed by atoms with Gasteiger partial charge in [0.1, 0.15) is 17.1 Å². The molecule has 0 amide bonds. The van der Waals surface area contributed by atoms with Crippen LogP contribution < -0.4 is 11.1 Å². The maximum absolute atomic E-state index is 5.45. The van der Waals surface area contributed by atoms with Crippen LogP contribution in [0.3, 0.4) is 0 Å². The normalized spacial score (nSPS) is 10.2. The number of nitrogens with one attached hydrogen (secondary N) is 1. The molecule has 0 aliphatic rings. The first kappa shape index (κ1) is 8.06. The summed E-state index contributed by atoms with van der Waals surface area (Å²) in [6.45, 7) is 0.623. The van der Waals surface area contributed by atoms with Gasteiger partial charge in [-0.2, -0.15) is 4.37 Å². The topological polar surface area (TPSA) is 77.0 Å². The van der Waals surface area contributed by atoms with E-state index in [1.165, 1.54) is 17.9 Å². The Morgan fingerprint density at radius 1 is 1.62 bits per heavy atom. The van der Waals surface area contributed by atoms with Crippen LogP contribution in [0.15, 0.2) is 23.1 Å². The van der Waals surface area contributed by atoms with Crippen molar-refractivity contribution in [1.82, 2.24) is 9.36 Å². The van der Waals surface area contributed by atoms with Crippen molar-refractivity contribution in [3.63, 3.8) is 0 Å². The number of nitrogens with two attached hydrogens (primary N) is 1. The van der Waals surface area contributed by atoms with Crippen molar-refractivity contribution in [1.29, 1.82) is 0 Å². The van der Waals surface area contributed by atoms with Crippen molar-refractivity contribution >= 4 is 22.4 Å². The van der Waals surface area contributed by atoms with Crippen LogP contribution in [0.25, 0.3) is 0 Å². The molecule has 3 N–H and O–H groups in total. The molecule has 5 nitrogen and oxygen atoms in total. The molecule has 0 atom stereocenters. The summed E-state index contributed by atoms with van der Waals surface area (Å²) in [6.07, 6.45) is 3.00. The lowest BCUT2D eigenvalue weighted by Gasteiger charge is -1.96. The van der Waals surface area contributed by atoms with E-state index in [-0.39, 0.29) is 0 Å². The summed E-state index contributed by atoms with van der Waals surface area (Å²) < 4.78 is 8.75. The molecule has 0 aliphatic heterocycles. The number of nitrogens with zero attached hydrogens (tertiary/aromatic N) is 2. The second kappa shape index (κ2) is 3.44. The molecule has 6 heteroatoms. The monoisotopic (exact) mass is 196 g/mol. The Morgan fingerprint density at radius 2 is 2.54 bits per heavy atom. The third kappa shape index (κ3) is 1.97. The predicted octanol–water partition coefficient (Wildman–Crippen LogP) is 1.33. The fourth-order valence-electron chi connectivity index (χ4n) is 0.875. The van der Waals surface area contributed by atoms with E-state index in [1.54, 1.807) is 12.3 Å². The lowest BCUT2D eigenvalue weighted by Crippen LogP contribution is -1.97. The first-order chi connectivity index (χ1) is 6.34. The zero-order chi connectivity index (χ0) is 9.10. The van der Waals surface area contributed by atoms with Gasteiger partial charge in [0.25, 0.3) is 0 Å². The molecule has 0 aromatic carbocycles. The number of nitrogen functional groups attached to an aromatic ring is 1. The molecule has 2 heterocycles. The number of hydrogen-bond donors (Lipinski definition) is 2. The second-order valence-electron chi connectivity index (χ2n) is 2.45. The molecule has 68 valence electrons. The van der Waals surface area contributed by atoms with Crippen molar-refractivity contribution in [2.75, 3.05) is 11.1 Å². The molecule has 0 unspecified atom stereocenters. The van der Waals surface area contributed by atoms with E-state index in [4.69, 9.17) is 10.2 Å². The zero-order valence-electron chi connectivity index (χ0n) is 6.73. The van der Waals surface area contributed by atoms with Crippen LogP contribution in [0.1, 0.15) is 5.69 Å². The highest BCUT2D eigenvalue weighted by atomic mass is 32.1. The predicted molar refractivity (Wildman–Crippen MR) is 50.4 cm³/mol. The van der Waals surface area contributed by atoms with Crippen LogP contribution in [0.5, 0.6) is 0 Å². The lowest BCUT2D eigenvalue weighted by atomic mass is 10.5. The average molecular weight is 196 g/mol. The van der Waals surface area contributed by atoms with E-state index >= 15 is 0 Å². The molecule has 2 rings (SSSR count). The van der Waals surface area contributed by atoms with Gasteiger partial charge in [-0.15, -0.1) is 0 Å². The highest BCUT2D eigenvalue weighted by Crippen LogP contribution is 2.17. The summed E-state index contributed by atoms with van der Waals surface area (Å²) >= 11 is 1.33. The maximum atomic E-state index is 5.45. The zero-order valence-corrected chi connectivity index (χ0v) is 7.54. The minimum Gasteiger partial charge on any atom is -0.451 e. The highest BCUT2D eigenvalue weighted by Gasteiger charge is 1.99. The van der Waals surface area contributed by atoms with Crippen molar-refractivity contribution in [2.45, 2.75) is 6.54 Å². The van der Waals surface area contributed by atoms with E-state index in [9.17, 15) is 0 Å². The van der Waals surface area contributed by atoms with E-state index < -0.39 is 0 Å². The van der Waals surface area contributed by atoms with Crippen molar-refractivity contribution in [3.05, 3.63) is 24.4 Å². The number of anilines is 2. The Kier molecular flexibility index (Phi) is 2.13. The molecule has 0 bridgehead atoms. The van der Waals surface area contributed by atoms with E-state index in [0.717, 1.165) is 10.7 Å². The first-order valence-corrected chi connectivity index (χ1v) is 4.45. The molecule has 0 fully saturated rings. The van der Waals surface area contributed by atoms with Gasteiger partial charge in [0.15, 0.2) is 6.39 Å². The molecule has 0 saturated carbocycles. The smallest absolute Gasteiger partial charge is 0.180 e. The van der Waals surface area contributed by atoms with E-state index in [0.29, 0.717) is 12.4 Å².